The van der Waals surface area contributed by atoms with Gasteiger partial charge in [-0.25, -0.2) is 10.2 Å². The monoisotopic (exact) mass is 392 g/mol. The van der Waals surface area contributed by atoms with Crippen molar-refractivity contribution < 1.29 is 24.2 Å². The van der Waals surface area contributed by atoms with Crippen LogP contribution in [-0.4, -0.2) is 73.2 Å². The van der Waals surface area contributed by atoms with E-state index in [1.54, 1.807) is 13.1 Å². The van der Waals surface area contributed by atoms with Gasteiger partial charge in [-0.3, -0.25) is 9.80 Å². The van der Waals surface area contributed by atoms with Crippen LogP contribution < -0.4 is 15.9 Å². The van der Waals surface area contributed by atoms with E-state index in [2.05, 4.69) is 5.43 Å². The number of aldehydes is 1. The molecule has 1 heterocycles. The fourth-order valence-corrected chi connectivity index (χ4v) is 4.04. The Bertz CT molecular complexity index is 718. The van der Waals surface area contributed by atoms with E-state index >= 15 is 0 Å². The first-order valence-corrected chi connectivity index (χ1v) is 9.51. The minimum atomic E-state index is -1.01. The average molecular weight is 392 g/mol. The van der Waals surface area contributed by atoms with Crippen LogP contribution in [0.3, 0.4) is 0 Å². The Hall–Kier alpha value is -2.04. The van der Waals surface area contributed by atoms with Crippen LogP contribution in [-0.2, 0) is 22.3 Å². The summed E-state index contributed by atoms with van der Waals surface area (Å²) < 4.78 is 5.17. The zero-order chi connectivity index (χ0) is 20.0. The molecular formula is C17H23BN3O5S. The molecule has 1 amide bonds. The lowest BCUT2D eigenvalue weighted by Crippen LogP contribution is -2.48. The van der Waals surface area contributed by atoms with Gasteiger partial charge in [-0.1, -0.05) is 12.4 Å². The molecule has 1 aliphatic heterocycles. The van der Waals surface area contributed by atoms with Crippen LogP contribution in [0.2, 0.25) is 0 Å². The van der Waals surface area contributed by atoms with Crippen molar-refractivity contribution in [2.24, 2.45) is 5.73 Å². The van der Waals surface area contributed by atoms with E-state index in [4.69, 9.17) is 10.5 Å². The predicted molar refractivity (Wildman–Crippen MR) is 104 cm³/mol. The van der Waals surface area contributed by atoms with Gasteiger partial charge < -0.3 is 20.4 Å². The first kappa shape index (κ1) is 21.3. The third-order valence-electron chi connectivity index (χ3n) is 4.37. The third-order valence-corrected chi connectivity index (χ3v) is 5.57. The van der Waals surface area contributed by atoms with Gasteiger partial charge in [0, 0.05) is 7.05 Å². The summed E-state index contributed by atoms with van der Waals surface area (Å²) in [4.78, 5) is 34.6. The van der Waals surface area contributed by atoms with Gasteiger partial charge in [0.1, 0.15) is 24.9 Å². The number of hydrogen-bond acceptors (Lipinski definition) is 7. The van der Waals surface area contributed by atoms with Crippen LogP contribution in [0.4, 0.5) is 0 Å². The quantitative estimate of drug-likeness (QED) is 0.298. The molecular weight excluding hydrogens is 369 g/mol. The molecule has 10 heteroatoms. The topological polar surface area (TPSA) is 122 Å². The molecule has 0 saturated heterocycles. The van der Waals surface area contributed by atoms with E-state index < -0.39 is 12.0 Å². The Morgan fingerprint density at radius 2 is 2.30 bits per heavy atom. The van der Waals surface area contributed by atoms with Crippen molar-refractivity contribution in [2.45, 2.75) is 23.9 Å². The highest BCUT2D eigenvalue weighted by Crippen LogP contribution is 2.32. The highest BCUT2D eigenvalue weighted by Gasteiger charge is 2.27. The zero-order valence-corrected chi connectivity index (χ0v) is 16.1. The second-order valence-corrected chi connectivity index (χ2v) is 7.33. The number of carboxylic acids is 1. The third kappa shape index (κ3) is 5.24. The Balaban J connectivity index is 2.00. The number of thioether (sulfide) groups is 1. The number of nitrogens with one attached hydrogen (secondary N) is 1. The van der Waals surface area contributed by atoms with Gasteiger partial charge in [0.2, 0.25) is 5.91 Å². The molecule has 4 N–H and O–H groups in total. The number of rotatable bonds is 9. The maximum absolute atomic E-state index is 12.3. The molecule has 1 aromatic carbocycles. The summed E-state index contributed by atoms with van der Waals surface area (Å²) in [5.41, 5.74) is 10.2. The van der Waals surface area contributed by atoms with E-state index in [1.165, 1.54) is 23.9 Å². The number of carbonyl (C=O) groups excluding carboxylic acids is 2. The lowest BCUT2D eigenvalue weighted by molar-refractivity contribution is -0.131. The Morgan fingerprint density at radius 1 is 1.56 bits per heavy atom. The number of carbonyl (C=O) groups is 3. The number of aromatic carboxylic acids is 1. The lowest BCUT2D eigenvalue weighted by Gasteiger charge is -2.27. The van der Waals surface area contributed by atoms with Crippen molar-refractivity contribution >= 4 is 37.2 Å². The van der Waals surface area contributed by atoms with Crippen molar-refractivity contribution in [1.29, 1.82) is 0 Å². The number of amides is 1. The molecule has 1 aliphatic rings. The van der Waals surface area contributed by atoms with E-state index in [9.17, 15) is 19.5 Å². The van der Waals surface area contributed by atoms with E-state index in [1.807, 2.05) is 13.3 Å². The van der Waals surface area contributed by atoms with Gasteiger partial charge in [-0.2, -0.15) is 11.8 Å². The second-order valence-electron chi connectivity index (χ2n) is 6.11. The molecule has 0 fully saturated rings. The second kappa shape index (κ2) is 9.77. The van der Waals surface area contributed by atoms with Gasteiger partial charge in [0.15, 0.2) is 0 Å². The Labute approximate surface area is 163 Å². The van der Waals surface area contributed by atoms with Gasteiger partial charge in [0.05, 0.1) is 25.4 Å². The normalized spacial score (nSPS) is 16.6. The van der Waals surface area contributed by atoms with Crippen LogP contribution >= 0.6 is 11.8 Å². The van der Waals surface area contributed by atoms with Crippen LogP contribution in [0, 0.1) is 0 Å². The zero-order valence-electron chi connectivity index (χ0n) is 15.3. The molecule has 8 nitrogen and oxygen atoms in total. The number of methoxy groups -OCH3 is 1. The molecule has 0 aliphatic carbocycles. The molecule has 0 aromatic heterocycles. The van der Waals surface area contributed by atoms with Gasteiger partial charge in [-0.05, 0) is 28.8 Å². The minimum Gasteiger partial charge on any atom is -0.496 e. The summed E-state index contributed by atoms with van der Waals surface area (Å²) in [5, 5.41) is 10.9. The van der Waals surface area contributed by atoms with Gasteiger partial charge in [-0.15, -0.1) is 0 Å². The van der Waals surface area contributed by atoms with Gasteiger partial charge in [0.25, 0.3) is 0 Å². The standard InChI is InChI=1S/C17H23BN3O5S/c1-20-21(7-11(19)8-22)15(23)9-27-14-5-10-3-4-13(26-2)16(17(24)25)12(10)6-18-14/h3-4,8,11,14,20H,5-7,9,19H2,1-2H3,(H,24,25). The highest BCUT2D eigenvalue weighted by molar-refractivity contribution is 8.01. The number of nitrogens with two attached hydrogens (primary N) is 1. The first-order chi connectivity index (χ1) is 12.9. The van der Waals surface area contributed by atoms with Crippen LogP contribution in [0.15, 0.2) is 12.1 Å². The van der Waals surface area contributed by atoms with Crippen molar-refractivity contribution in [3.63, 3.8) is 0 Å². The fourth-order valence-electron chi connectivity index (χ4n) is 3.00. The first-order valence-electron chi connectivity index (χ1n) is 8.46. The SMILES string of the molecule is CNN(CC(N)C=O)C(=O)CSC1[B]Cc2c(ccc(OC)c2C(=O)O)C1. The Morgan fingerprint density at radius 3 is 2.89 bits per heavy atom. The smallest absolute Gasteiger partial charge is 0.339 e. The summed E-state index contributed by atoms with van der Waals surface area (Å²) in [7, 11) is 5.08. The molecule has 27 heavy (non-hydrogen) atoms. The fraction of sp³-hybridized carbons (Fsp3) is 0.471. The molecule has 0 bridgehead atoms. The predicted octanol–water partition coefficient (Wildman–Crippen LogP) is -0.298. The molecule has 1 aromatic rings. The number of hydrazine groups is 1. The molecule has 145 valence electrons. The van der Waals surface area contributed by atoms with Crippen molar-refractivity contribution in [3.8, 4) is 5.75 Å². The molecule has 0 spiro atoms. The maximum Gasteiger partial charge on any atom is 0.339 e. The highest BCUT2D eigenvalue weighted by atomic mass is 32.2. The number of hydrogen-bond donors (Lipinski definition) is 3. The van der Waals surface area contributed by atoms with Crippen molar-refractivity contribution in [2.75, 3.05) is 26.5 Å². The van der Waals surface area contributed by atoms with E-state index in [-0.39, 0.29) is 28.9 Å². The summed E-state index contributed by atoms with van der Waals surface area (Å²) in [6.07, 6.45) is 1.75. The molecule has 2 rings (SSSR count). The number of benzene rings is 1. The van der Waals surface area contributed by atoms with E-state index in [0.717, 1.165) is 11.1 Å². The maximum atomic E-state index is 12.3. The number of nitrogens with zero attached hydrogens (tertiary/aromatic N) is 1. The summed E-state index contributed by atoms with van der Waals surface area (Å²) in [6.45, 7) is 0.109. The van der Waals surface area contributed by atoms with Crippen molar-refractivity contribution in [1.82, 2.24) is 10.4 Å². The summed E-state index contributed by atoms with van der Waals surface area (Å²) >= 11 is 1.48. The van der Waals surface area contributed by atoms with Crippen LogP contribution in [0.5, 0.6) is 5.75 Å². The lowest BCUT2D eigenvalue weighted by atomic mass is 9.61. The van der Waals surface area contributed by atoms with E-state index in [0.29, 0.717) is 24.8 Å². The largest absolute Gasteiger partial charge is 0.496 e. The Kier molecular flexibility index (Phi) is 7.70. The number of carboxylic acid groups (broad SMARTS) is 1. The molecule has 0 saturated carbocycles. The van der Waals surface area contributed by atoms with Crippen LogP contribution in [0.25, 0.3) is 0 Å². The number of ether oxygens (including phenoxy) is 1. The van der Waals surface area contributed by atoms with Gasteiger partial charge >= 0.3 is 5.97 Å². The minimum absolute atomic E-state index is 0.0925. The number of fused-ring (bicyclic) bond motifs is 1. The summed E-state index contributed by atoms with van der Waals surface area (Å²) in [5.74, 6) is -0.591. The molecule has 2 unspecified atom stereocenters. The average Bonchev–Trinajstić information content (AvgIpc) is 2.68. The van der Waals surface area contributed by atoms with Crippen molar-refractivity contribution in [3.05, 3.63) is 28.8 Å². The van der Waals surface area contributed by atoms with Crippen LogP contribution in [0.1, 0.15) is 21.5 Å². The molecule has 2 atom stereocenters. The summed E-state index contributed by atoms with van der Waals surface area (Å²) in [6, 6.07) is 2.82. The molecule has 1 radical (unpaired) electrons.